The summed E-state index contributed by atoms with van der Waals surface area (Å²) in [5.74, 6) is -1.21. The minimum atomic E-state index is -0.444. The number of anilines is 3. The van der Waals surface area contributed by atoms with Gasteiger partial charge in [-0.25, -0.2) is 4.79 Å². The van der Waals surface area contributed by atoms with Crippen molar-refractivity contribution in [3.63, 3.8) is 0 Å². The number of aromatic nitrogens is 1. The molecule has 35 heavy (non-hydrogen) atoms. The van der Waals surface area contributed by atoms with Gasteiger partial charge in [0.15, 0.2) is 5.58 Å². The Balaban J connectivity index is 1.19. The number of benzene rings is 3. The van der Waals surface area contributed by atoms with Gasteiger partial charge >= 0.3 is 5.76 Å². The molecule has 5 rings (SSSR count). The molecule has 3 amide bonds. The number of rotatable bonds is 6. The molecule has 2 N–H and O–H groups in total. The van der Waals surface area contributed by atoms with Crippen LogP contribution >= 0.6 is 0 Å². The van der Waals surface area contributed by atoms with Crippen molar-refractivity contribution in [2.75, 3.05) is 22.1 Å². The predicted molar refractivity (Wildman–Crippen MR) is 132 cm³/mol. The van der Waals surface area contributed by atoms with E-state index in [1.165, 1.54) is 9.47 Å². The molecule has 0 radical (unpaired) electrons. The van der Waals surface area contributed by atoms with E-state index in [4.69, 9.17) is 4.42 Å². The lowest BCUT2D eigenvalue weighted by Gasteiger charge is -2.29. The number of hydrogen-bond acceptors (Lipinski definition) is 5. The Kier molecular flexibility index (Phi) is 5.88. The summed E-state index contributed by atoms with van der Waals surface area (Å²) in [6.45, 7) is 0.297. The number of oxazole rings is 1. The van der Waals surface area contributed by atoms with E-state index in [0.29, 0.717) is 46.7 Å². The van der Waals surface area contributed by atoms with Crippen LogP contribution in [-0.2, 0) is 16.1 Å². The number of carbonyl (C=O) groups excluding carboxylic acids is 3. The standard InChI is InChI=1S/C26H22N4O5/c31-23(10-5-15-29-21-8-3-4-9-22(21)35-26(29)34)27-18-13-11-17(12-14-18)25(33)30-16-24(32)28-19-6-1-2-7-20(19)30/h1-4,6-9,11-14H,5,10,15-16H2,(H,27,31)(H,28,32). The highest BCUT2D eigenvalue weighted by Crippen LogP contribution is 2.30. The summed E-state index contributed by atoms with van der Waals surface area (Å²) in [6, 6.07) is 20.8. The molecule has 0 unspecified atom stereocenters. The van der Waals surface area contributed by atoms with Crippen molar-refractivity contribution in [3.8, 4) is 0 Å². The normalized spacial score (nSPS) is 12.8. The van der Waals surface area contributed by atoms with Crippen LogP contribution in [0.5, 0.6) is 0 Å². The van der Waals surface area contributed by atoms with Gasteiger partial charge in [0.05, 0.1) is 16.9 Å². The second-order valence-electron chi connectivity index (χ2n) is 8.17. The maximum Gasteiger partial charge on any atom is 0.419 e. The minimum absolute atomic E-state index is 0.0661. The molecule has 0 aliphatic carbocycles. The summed E-state index contributed by atoms with van der Waals surface area (Å²) >= 11 is 0. The fourth-order valence-electron chi connectivity index (χ4n) is 4.11. The number of carbonyl (C=O) groups is 3. The van der Waals surface area contributed by atoms with Crippen LogP contribution in [-0.4, -0.2) is 28.8 Å². The average Bonchev–Trinajstić information content (AvgIpc) is 3.18. The average molecular weight is 470 g/mol. The summed E-state index contributed by atoms with van der Waals surface area (Å²) in [5, 5.41) is 5.56. The first-order valence-corrected chi connectivity index (χ1v) is 11.2. The van der Waals surface area contributed by atoms with Gasteiger partial charge in [0.2, 0.25) is 11.8 Å². The van der Waals surface area contributed by atoms with E-state index in [1.807, 2.05) is 6.07 Å². The molecule has 1 aromatic heterocycles. The van der Waals surface area contributed by atoms with E-state index in [9.17, 15) is 19.2 Å². The first-order valence-electron chi connectivity index (χ1n) is 11.2. The smallest absolute Gasteiger partial charge is 0.408 e. The summed E-state index contributed by atoms with van der Waals surface area (Å²) < 4.78 is 6.72. The number of fused-ring (bicyclic) bond motifs is 2. The molecule has 2 heterocycles. The fraction of sp³-hybridized carbons (Fsp3) is 0.154. The van der Waals surface area contributed by atoms with Crippen molar-refractivity contribution >= 4 is 45.9 Å². The molecule has 0 spiro atoms. The van der Waals surface area contributed by atoms with Crippen LogP contribution in [0.2, 0.25) is 0 Å². The third-order valence-corrected chi connectivity index (χ3v) is 5.79. The molecule has 1 aliphatic rings. The Labute approximate surface area is 200 Å². The van der Waals surface area contributed by atoms with Gasteiger partial charge in [0, 0.05) is 24.2 Å². The third-order valence-electron chi connectivity index (χ3n) is 5.79. The molecule has 0 saturated heterocycles. The van der Waals surface area contributed by atoms with E-state index in [2.05, 4.69) is 10.6 Å². The molecule has 1 aliphatic heterocycles. The molecule has 9 nitrogen and oxygen atoms in total. The lowest BCUT2D eigenvalue weighted by molar-refractivity contribution is -0.116. The van der Waals surface area contributed by atoms with Crippen LogP contribution in [0.1, 0.15) is 23.2 Å². The zero-order valence-electron chi connectivity index (χ0n) is 18.7. The van der Waals surface area contributed by atoms with E-state index in [0.717, 1.165) is 0 Å². The van der Waals surface area contributed by atoms with Crippen LogP contribution < -0.4 is 21.3 Å². The molecule has 0 saturated carbocycles. The van der Waals surface area contributed by atoms with Gasteiger partial charge in [0.25, 0.3) is 5.91 Å². The molecular weight excluding hydrogens is 448 g/mol. The molecule has 3 aromatic carbocycles. The highest BCUT2D eigenvalue weighted by molar-refractivity contribution is 6.15. The highest BCUT2D eigenvalue weighted by atomic mass is 16.4. The van der Waals surface area contributed by atoms with Crippen molar-refractivity contribution < 1.29 is 18.8 Å². The first kappa shape index (κ1) is 22.1. The van der Waals surface area contributed by atoms with Crippen molar-refractivity contribution in [2.24, 2.45) is 0 Å². The van der Waals surface area contributed by atoms with Crippen LogP contribution in [0.15, 0.2) is 82.0 Å². The summed E-state index contributed by atoms with van der Waals surface area (Å²) in [5.41, 5.74) is 3.40. The highest BCUT2D eigenvalue weighted by Gasteiger charge is 2.27. The third kappa shape index (κ3) is 4.56. The maximum atomic E-state index is 13.0. The van der Waals surface area contributed by atoms with E-state index in [-0.39, 0.29) is 30.7 Å². The Bertz CT molecular complexity index is 1490. The van der Waals surface area contributed by atoms with Crippen LogP contribution in [0.25, 0.3) is 11.1 Å². The number of aryl methyl sites for hydroxylation is 1. The van der Waals surface area contributed by atoms with Crippen molar-refractivity contribution in [2.45, 2.75) is 19.4 Å². The topological polar surface area (TPSA) is 114 Å². The van der Waals surface area contributed by atoms with Crippen LogP contribution in [0.4, 0.5) is 17.1 Å². The molecule has 0 fully saturated rings. The molecule has 0 atom stereocenters. The number of hydrogen-bond donors (Lipinski definition) is 2. The number of nitrogens with zero attached hydrogens (tertiary/aromatic N) is 2. The summed E-state index contributed by atoms with van der Waals surface area (Å²) in [4.78, 5) is 50.9. The lowest BCUT2D eigenvalue weighted by atomic mass is 10.1. The van der Waals surface area contributed by atoms with Gasteiger partial charge in [-0.05, 0) is 55.0 Å². The monoisotopic (exact) mass is 470 g/mol. The molecule has 9 heteroatoms. The quantitative estimate of drug-likeness (QED) is 0.447. The maximum absolute atomic E-state index is 13.0. The Morgan fingerprint density at radius 3 is 2.51 bits per heavy atom. The van der Waals surface area contributed by atoms with E-state index < -0.39 is 5.76 Å². The zero-order chi connectivity index (χ0) is 24.4. The predicted octanol–water partition coefficient (Wildman–Crippen LogP) is 3.61. The largest absolute Gasteiger partial charge is 0.419 e. The van der Waals surface area contributed by atoms with Gasteiger partial charge < -0.3 is 15.1 Å². The SMILES string of the molecule is O=C(CCCn1c(=O)oc2ccccc21)Nc1ccc(C(=O)N2CC(=O)Nc3ccccc32)cc1. The van der Waals surface area contributed by atoms with Crippen LogP contribution in [0.3, 0.4) is 0 Å². The van der Waals surface area contributed by atoms with Gasteiger partial charge in [-0.15, -0.1) is 0 Å². The van der Waals surface area contributed by atoms with Gasteiger partial charge in [-0.2, -0.15) is 0 Å². The van der Waals surface area contributed by atoms with Gasteiger partial charge in [-0.1, -0.05) is 24.3 Å². The zero-order valence-corrected chi connectivity index (χ0v) is 18.7. The van der Waals surface area contributed by atoms with Crippen molar-refractivity contribution in [1.82, 2.24) is 4.57 Å². The summed E-state index contributed by atoms with van der Waals surface area (Å²) in [7, 11) is 0. The fourth-order valence-corrected chi connectivity index (χ4v) is 4.11. The van der Waals surface area contributed by atoms with E-state index in [1.54, 1.807) is 66.7 Å². The number of amides is 3. The second kappa shape index (κ2) is 9.30. The van der Waals surface area contributed by atoms with E-state index >= 15 is 0 Å². The lowest BCUT2D eigenvalue weighted by Crippen LogP contribution is -2.42. The second-order valence-corrected chi connectivity index (χ2v) is 8.17. The van der Waals surface area contributed by atoms with Crippen LogP contribution in [0, 0.1) is 0 Å². The molecule has 0 bridgehead atoms. The van der Waals surface area contributed by atoms with Gasteiger partial charge in [-0.3, -0.25) is 23.9 Å². The Morgan fingerprint density at radius 2 is 1.69 bits per heavy atom. The molecule has 176 valence electrons. The number of nitrogens with one attached hydrogen (secondary N) is 2. The Hall–Kier alpha value is -4.66. The van der Waals surface area contributed by atoms with Gasteiger partial charge in [0.1, 0.15) is 6.54 Å². The minimum Gasteiger partial charge on any atom is -0.408 e. The molecular formula is C26H22N4O5. The summed E-state index contributed by atoms with van der Waals surface area (Å²) in [6.07, 6.45) is 0.675. The number of para-hydroxylation sites is 4. The molecule has 4 aromatic rings. The first-order chi connectivity index (χ1) is 17.0. The van der Waals surface area contributed by atoms with Crippen molar-refractivity contribution in [3.05, 3.63) is 88.9 Å². The Morgan fingerprint density at radius 1 is 0.943 bits per heavy atom. The van der Waals surface area contributed by atoms with Crippen molar-refractivity contribution in [1.29, 1.82) is 0 Å².